The van der Waals surface area contributed by atoms with E-state index in [-0.39, 0.29) is 5.92 Å². The summed E-state index contributed by atoms with van der Waals surface area (Å²) in [7, 11) is 0. The van der Waals surface area contributed by atoms with Gasteiger partial charge in [-0.05, 0) is 25.1 Å². The second-order valence-electron chi connectivity index (χ2n) is 6.61. The fourth-order valence-electron chi connectivity index (χ4n) is 3.05. The zero-order valence-corrected chi connectivity index (χ0v) is 15.4. The van der Waals surface area contributed by atoms with Gasteiger partial charge in [0.25, 0.3) is 0 Å². The molecule has 138 valence electrons. The van der Waals surface area contributed by atoms with Gasteiger partial charge in [0.1, 0.15) is 18.8 Å². The van der Waals surface area contributed by atoms with E-state index >= 15 is 0 Å². The molecule has 1 aliphatic heterocycles. The lowest BCUT2D eigenvalue weighted by Gasteiger charge is -2.23. The Morgan fingerprint density at radius 1 is 1.19 bits per heavy atom. The summed E-state index contributed by atoms with van der Waals surface area (Å²) in [5.74, 6) is 2.70. The van der Waals surface area contributed by atoms with Crippen LogP contribution < -0.4 is 15.4 Å². The van der Waals surface area contributed by atoms with E-state index in [4.69, 9.17) is 4.74 Å². The fourth-order valence-corrected chi connectivity index (χ4v) is 3.05. The highest BCUT2D eigenvalue weighted by Crippen LogP contribution is 2.34. The number of ether oxygens (including phenoxy) is 1. The van der Waals surface area contributed by atoms with Crippen LogP contribution in [0.5, 0.6) is 5.75 Å². The average Bonchev–Trinajstić information content (AvgIpc) is 2.72. The van der Waals surface area contributed by atoms with Gasteiger partial charge in [-0.1, -0.05) is 6.92 Å². The maximum atomic E-state index is 5.83. The van der Waals surface area contributed by atoms with Crippen molar-refractivity contribution in [3.05, 3.63) is 54.2 Å². The Labute approximate surface area is 158 Å². The summed E-state index contributed by atoms with van der Waals surface area (Å²) in [4.78, 5) is 17.4. The summed E-state index contributed by atoms with van der Waals surface area (Å²) in [6, 6.07) is 7.96. The third kappa shape index (κ3) is 3.81. The Balaban J connectivity index is 1.48. The second kappa shape index (κ2) is 7.57. The van der Waals surface area contributed by atoms with Crippen LogP contribution in [0, 0.1) is 6.92 Å². The molecule has 0 bridgehead atoms. The Hall–Kier alpha value is -3.22. The topological polar surface area (TPSA) is 84.9 Å². The van der Waals surface area contributed by atoms with Crippen LogP contribution in [0.25, 0.3) is 11.3 Å². The fraction of sp³-hybridized carbons (Fsp3) is 0.300. The van der Waals surface area contributed by atoms with Crippen molar-refractivity contribution in [1.82, 2.24) is 19.9 Å². The van der Waals surface area contributed by atoms with Crippen molar-refractivity contribution < 1.29 is 4.74 Å². The van der Waals surface area contributed by atoms with E-state index in [0.29, 0.717) is 6.61 Å². The minimum absolute atomic E-state index is 0.237. The van der Waals surface area contributed by atoms with Gasteiger partial charge in [-0.3, -0.25) is 4.98 Å². The van der Waals surface area contributed by atoms with E-state index in [0.717, 1.165) is 53.0 Å². The summed E-state index contributed by atoms with van der Waals surface area (Å²) in [6.45, 7) is 6.30. The number of fused-ring (bicyclic) bond motifs is 1. The molecule has 1 atom stereocenters. The van der Waals surface area contributed by atoms with Crippen molar-refractivity contribution in [3.8, 4) is 17.0 Å². The number of rotatable bonds is 5. The Kier molecular flexibility index (Phi) is 4.82. The molecule has 2 N–H and O–H groups in total. The highest BCUT2D eigenvalue weighted by Gasteiger charge is 2.19. The van der Waals surface area contributed by atoms with Gasteiger partial charge < -0.3 is 15.4 Å². The predicted molar refractivity (Wildman–Crippen MR) is 105 cm³/mol. The number of nitrogens with one attached hydrogen (secondary N) is 2. The zero-order chi connectivity index (χ0) is 18.6. The van der Waals surface area contributed by atoms with Crippen LogP contribution in [0.2, 0.25) is 0 Å². The number of aromatic nitrogens is 4. The van der Waals surface area contributed by atoms with Crippen LogP contribution in [0.1, 0.15) is 24.1 Å². The molecule has 0 saturated carbocycles. The van der Waals surface area contributed by atoms with Crippen LogP contribution in [-0.4, -0.2) is 39.6 Å². The Morgan fingerprint density at radius 2 is 2.11 bits per heavy atom. The van der Waals surface area contributed by atoms with E-state index < -0.39 is 0 Å². The summed E-state index contributed by atoms with van der Waals surface area (Å²) in [6.07, 6.45) is 5.22. The van der Waals surface area contributed by atoms with Crippen molar-refractivity contribution in [2.75, 3.05) is 30.3 Å². The molecule has 3 aromatic heterocycles. The third-order valence-corrected chi connectivity index (χ3v) is 4.57. The highest BCUT2D eigenvalue weighted by atomic mass is 16.5. The first-order valence-electron chi connectivity index (χ1n) is 9.05. The molecule has 1 aliphatic rings. The lowest BCUT2D eigenvalue weighted by molar-refractivity contribution is 0.316. The quantitative estimate of drug-likeness (QED) is 0.720. The molecule has 0 radical (unpaired) electrons. The molecule has 7 heteroatoms. The minimum Gasteiger partial charge on any atom is -0.488 e. The smallest absolute Gasteiger partial charge is 0.169 e. The Bertz CT molecular complexity index is 928. The normalized spacial score (nSPS) is 13.9. The van der Waals surface area contributed by atoms with Crippen molar-refractivity contribution in [2.24, 2.45) is 0 Å². The molecule has 0 amide bonds. The summed E-state index contributed by atoms with van der Waals surface area (Å²) in [5, 5.41) is 6.68. The SMILES string of the molecule is Cc1ccc(-c2cc(NC[C@@H](C)c3ccnc4c3OCCN4)ncn2)cn1. The lowest BCUT2D eigenvalue weighted by atomic mass is 10.0. The molecule has 0 saturated heterocycles. The Morgan fingerprint density at radius 3 is 2.96 bits per heavy atom. The van der Waals surface area contributed by atoms with E-state index in [1.165, 1.54) is 0 Å². The van der Waals surface area contributed by atoms with Crippen LogP contribution >= 0.6 is 0 Å². The third-order valence-electron chi connectivity index (χ3n) is 4.57. The summed E-state index contributed by atoms with van der Waals surface area (Å²) in [5.41, 5.74) is 3.94. The molecule has 0 unspecified atom stereocenters. The van der Waals surface area contributed by atoms with Gasteiger partial charge in [-0.15, -0.1) is 0 Å². The molecule has 4 heterocycles. The molecule has 0 fully saturated rings. The van der Waals surface area contributed by atoms with Crippen LogP contribution in [-0.2, 0) is 0 Å². The molecule has 4 rings (SSSR count). The predicted octanol–water partition coefficient (Wildman–Crippen LogP) is 3.26. The van der Waals surface area contributed by atoms with Gasteiger partial charge >= 0.3 is 0 Å². The maximum absolute atomic E-state index is 5.83. The summed E-state index contributed by atoms with van der Waals surface area (Å²) >= 11 is 0. The number of hydrogen-bond donors (Lipinski definition) is 2. The monoisotopic (exact) mass is 362 g/mol. The van der Waals surface area contributed by atoms with Crippen molar-refractivity contribution >= 4 is 11.6 Å². The molecule has 0 aromatic carbocycles. The van der Waals surface area contributed by atoms with Crippen LogP contribution in [0.3, 0.4) is 0 Å². The number of pyridine rings is 2. The lowest BCUT2D eigenvalue weighted by Crippen LogP contribution is -2.21. The van der Waals surface area contributed by atoms with E-state index in [1.54, 1.807) is 6.33 Å². The van der Waals surface area contributed by atoms with Crippen LogP contribution in [0.15, 0.2) is 43.0 Å². The van der Waals surface area contributed by atoms with Gasteiger partial charge in [0.2, 0.25) is 0 Å². The van der Waals surface area contributed by atoms with Gasteiger partial charge in [-0.25, -0.2) is 15.0 Å². The molecule has 3 aromatic rings. The van der Waals surface area contributed by atoms with Crippen molar-refractivity contribution in [3.63, 3.8) is 0 Å². The molecular weight excluding hydrogens is 340 g/mol. The van der Waals surface area contributed by atoms with Crippen LogP contribution in [0.4, 0.5) is 11.6 Å². The second-order valence-corrected chi connectivity index (χ2v) is 6.61. The first kappa shape index (κ1) is 17.2. The standard InChI is InChI=1S/C20H22N6O/c1-13(16-5-6-21-20-19(16)27-8-7-22-20)10-24-18-9-17(25-12-26-18)15-4-3-14(2)23-11-15/h3-6,9,11-13H,7-8,10H2,1-2H3,(H,21,22)(H,24,25,26)/t13-/m1/s1. The molecule has 27 heavy (non-hydrogen) atoms. The molecular formula is C20H22N6O. The molecule has 0 aliphatic carbocycles. The number of aryl methyl sites for hydroxylation is 1. The van der Waals surface area contributed by atoms with Gasteiger partial charge in [0.05, 0.1) is 12.2 Å². The molecule has 0 spiro atoms. The van der Waals surface area contributed by atoms with Crippen molar-refractivity contribution in [2.45, 2.75) is 19.8 Å². The van der Waals surface area contributed by atoms with Gasteiger partial charge in [0.15, 0.2) is 11.6 Å². The van der Waals surface area contributed by atoms with E-state index in [1.807, 2.05) is 43.6 Å². The van der Waals surface area contributed by atoms with Crippen molar-refractivity contribution in [1.29, 1.82) is 0 Å². The highest BCUT2D eigenvalue weighted by molar-refractivity contribution is 5.61. The first-order chi connectivity index (χ1) is 13.2. The molecule has 7 nitrogen and oxygen atoms in total. The number of nitrogens with zero attached hydrogens (tertiary/aromatic N) is 4. The van der Waals surface area contributed by atoms with E-state index in [9.17, 15) is 0 Å². The maximum Gasteiger partial charge on any atom is 0.169 e. The largest absolute Gasteiger partial charge is 0.488 e. The number of anilines is 2. The zero-order valence-electron chi connectivity index (χ0n) is 15.4. The minimum atomic E-state index is 0.237. The first-order valence-corrected chi connectivity index (χ1v) is 9.05. The number of hydrogen-bond acceptors (Lipinski definition) is 7. The van der Waals surface area contributed by atoms with Gasteiger partial charge in [0, 0.05) is 47.7 Å². The van der Waals surface area contributed by atoms with Gasteiger partial charge in [-0.2, -0.15) is 0 Å². The average molecular weight is 362 g/mol. The summed E-state index contributed by atoms with van der Waals surface area (Å²) < 4.78 is 5.83. The van der Waals surface area contributed by atoms with E-state index in [2.05, 4.69) is 37.5 Å².